The number of likely N-dealkylation sites (tertiary alicyclic amines) is 1. The summed E-state index contributed by atoms with van der Waals surface area (Å²) in [6.45, 7) is 5.32. The number of carbonyl (C=O) groups is 2. The van der Waals surface area contributed by atoms with Gasteiger partial charge in [0.2, 0.25) is 5.91 Å². The third kappa shape index (κ3) is 5.19. The first kappa shape index (κ1) is 17.8. The van der Waals surface area contributed by atoms with Crippen LogP contribution >= 0.6 is 0 Å². The number of nitrogens with one attached hydrogen (secondary N) is 1. The second-order valence-electron chi connectivity index (χ2n) is 6.33. The summed E-state index contributed by atoms with van der Waals surface area (Å²) in [7, 11) is 3.45. The maximum absolute atomic E-state index is 12.4. The molecule has 1 aliphatic rings. The van der Waals surface area contributed by atoms with E-state index < -0.39 is 0 Å². The lowest BCUT2D eigenvalue weighted by molar-refractivity contribution is -0.127. The van der Waals surface area contributed by atoms with Crippen molar-refractivity contribution in [2.24, 2.45) is 11.8 Å². The van der Waals surface area contributed by atoms with Crippen molar-refractivity contribution in [3.05, 3.63) is 0 Å². The lowest BCUT2D eigenvalue weighted by atomic mass is 9.95. The number of amides is 3. The number of rotatable bonds is 5. The third-order valence-electron chi connectivity index (χ3n) is 4.02. The minimum atomic E-state index is -0.150. The Balaban J connectivity index is 2.59. The number of urea groups is 1. The van der Waals surface area contributed by atoms with E-state index in [4.69, 9.17) is 5.11 Å². The fraction of sp³-hybridized carbons (Fsp3) is 0.867. The molecule has 2 atom stereocenters. The van der Waals surface area contributed by atoms with Crippen LogP contribution in [-0.2, 0) is 4.79 Å². The molecule has 21 heavy (non-hydrogen) atoms. The van der Waals surface area contributed by atoms with E-state index in [-0.39, 0.29) is 36.4 Å². The van der Waals surface area contributed by atoms with E-state index >= 15 is 0 Å². The van der Waals surface area contributed by atoms with Crippen molar-refractivity contribution in [2.45, 2.75) is 39.2 Å². The van der Waals surface area contributed by atoms with Crippen LogP contribution < -0.4 is 5.32 Å². The number of aliphatic hydroxyl groups excluding tert-OH is 1. The highest BCUT2D eigenvalue weighted by Crippen LogP contribution is 2.18. The first-order chi connectivity index (χ1) is 9.86. The molecule has 1 heterocycles. The highest BCUT2D eigenvalue weighted by molar-refractivity contribution is 5.81. The summed E-state index contributed by atoms with van der Waals surface area (Å²) < 4.78 is 0. The molecule has 0 aromatic carbocycles. The average molecular weight is 299 g/mol. The normalized spacial score (nSPS) is 20.3. The Labute approximate surface area is 127 Å². The monoisotopic (exact) mass is 299 g/mol. The SMILES string of the molecule is CC(C)C(CCO)NC(=O)C1CCCN(C(=O)N(C)C)C1. The number of aliphatic hydroxyl groups is 1. The van der Waals surface area contributed by atoms with Crippen LogP contribution in [0.25, 0.3) is 0 Å². The van der Waals surface area contributed by atoms with Crippen LogP contribution in [0.2, 0.25) is 0 Å². The third-order valence-corrected chi connectivity index (χ3v) is 4.02. The average Bonchev–Trinajstić information content (AvgIpc) is 2.45. The van der Waals surface area contributed by atoms with E-state index in [1.807, 2.05) is 13.8 Å². The first-order valence-electron chi connectivity index (χ1n) is 7.74. The van der Waals surface area contributed by atoms with Gasteiger partial charge in [0.15, 0.2) is 0 Å². The quantitative estimate of drug-likeness (QED) is 0.792. The number of hydrogen-bond donors (Lipinski definition) is 2. The van der Waals surface area contributed by atoms with E-state index in [2.05, 4.69) is 5.32 Å². The summed E-state index contributed by atoms with van der Waals surface area (Å²) in [5, 5.41) is 12.1. The van der Waals surface area contributed by atoms with Crippen LogP contribution in [0.5, 0.6) is 0 Å². The van der Waals surface area contributed by atoms with Crippen molar-refractivity contribution in [1.82, 2.24) is 15.1 Å². The van der Waals surface area contributed by atoms with Crippen molar-refractivity contribution in [2.75, 3.05) is 33.8 Å². The number of nitrogens with zero attached hydrogens (tertiary/aromatic N) is 2. The lowest BCUT2D eigenvalue weighted by Crippen LogP contribution is -2.50. The van der Waals surface area contributed by atoms with Gasteiger partial charge in [0.25, 0.3) is 0 Å². The zero-order valence-electron chi connectivity index (χ0n) is 13.6. The summed E-state index contributed by atoms with van der Waals surface area (Å²) >= 11 is 0. The van der Waals surface area contributed by atoms with E-state index in [1.165, 1.54) is 0 Å². The Morgan fingerprint density at radius 2 is 2.05 bits per heavy atom. The van der Waals surface area contributed by atoms with Gasteiger partial charge in [-0.15, -0.1) is 0 Å². The Morgan fingerprint density at radius 1 is 1.38 bits per heavy atom. The van der Waals surface area contributed by atoms with Crippen molar-refractivity contribution in [1.29, 1.82) is 0 Å². The fourth-order valence-electron chi connectivity index (χ4n) is 2.66. The van der Waals surface area contributed by atoms with Gasteiger partial charge in [-0.2, -0.15) is 0 Å². The molecule has 0 aromatic rings. The van der Waals surface area contributed by atoms with Crippen LogP contribution in [0.4, 0.5) is 4.79 Å². The van der Waals surface area contributed by atoms with Crippen molar-refractivity contribution >= 4 is 11.9 Å². The van der Waals surface area contributed by atoms with Gasteiger partial charge in [0.1, 0.15) is 0 Å². The van der Waals surface area contributed by atoms with Gasteiger partial charge in [0, 0.05) is 39.8 Å². The van der Waals surface area contributed by atoms with Gasteiger partial charge in [-0.25, -0.2) is 4.79 Å². The van der Waals surface area contributed by atoms with Gasteiger partial charge in [-0.1, -0.05) is 13.8 Å². The molecule has 0 saturated carbocycles. The molecule has 1 fully saturated rings. The van der Waals surface area contributed by atoms with Gasteiger partial charge >= 0.3 is 6.03 Å². The molecule has 1 aliphatic heterocycles. The lowest BCUT2D eigenvalue weighted by Gasteiger charge is -2.34. The second kappa shape index (κ2) is 8.22. The zero-order valence-corrected chi connectivity index (χ0v) is 13.6. The van der Waals surface area contributed by atoms with Crippen molar-refractivity contribution in [3.63, 3.8) is 0 Å². The van der Waals surface area contributed by atoms with Gasteiger partial charge in [-0.05, 0) is 25.2 Å². The standard InChI is InChI=1S/C15H29N3O3/c1-11(2)13(7-9-19)16-14(20)12-6-5-8-18(10-12)15(21)17(3)4/h11-13,19H,5-10H2,1-4H3,(H,16,20). The molecule has 0 bridgehead atoms. The highest BCUT2D eigenvalue weighted by Gasteiger charge is 2.30. The van der Waals surface area contributed by atoms with Crippen LogP contribution in [0.3, 0.4) is 0 Å². The Hall–Kier alpha value is -1.30. The zero-order chi connectivity index (χ0) is 16.0. The summed E-state index contributed by atoms with van der Waals surface area (Å²) in [5.41, 5.74) is 0. The summed E-state index contributed by atoms with van der Waals surface area (Å²) in [6, 6.07) is -0.0503. The molecule has 1 rings (SSSR count). The Kier molecular flexibility index (Phi) is 6.95. The molecular weight excluding hydrogens is 270 g/mol. The Morgan fingerprint density at radius 3 is 2.57 bits per heavy atom. The van der Waals surface area contributed by atoms with Crippen LogP contribution in [0.15, 0.2) is 0 Å². The van der Waals surface area contributed by atoms with Crippen LogP contribution in [-0.4, -0.2) is 66.7 Å². The maximum atomic E-state index is 12.4. The first-order valence-corrected chi connectivity index (χ1v) is 7.74. The molecule has 0 aromatic heterocycles. The van der Waals surface area contributed by atoms with Crippen LogP contribution in [0, 0.1) is 11.8 Å². The van der Waals surface area contributed by atoms with Crippen molar-refractivity contribution in [3.8, 4) is 0 Å². The van der Waals surface area contributed by atoms with Crippen molar-refractivity contribution < 1.29 is 14.7 Å². The maximum Gasteiger partial charge on any atom is 0.319 e. The van der Waals surface area contributed by atoms with Gasteiger partial charge in [-0.3, -0.25) is 4.79 Å². The molecule has 2 unspecified atom stereocenters. The molecule has 0 aliphatic carbocycles. The number of carbonyl (C=O) groups excluding carboxylic acids is 2. The molecule has 6 heteroatoms. The molecular formula is C15H29N3O3. The smallest absolute Gasteiger partial charge is 0.319 e. The number of hydrogen-bond acceptors (Lipinski definition) is 3. The van der Waals surface area contributed by atoms with E-state index in [0.29, 0.717) is 19.5 Å². The fourth-order valence-corrected chi connectivity index (χ4v) is 2.66. The van der Waals surface area contributed by atoms with E-state index in [9.17, 15) is 9.59 Å². The van der Waals surface area contributed by atoms with Gasteiger partial charge in [0.05, 0.1) is 5.92 Å². The predicted molar refractivity (Wildman–Crippen MR) is 81.9 cm³/mol. The molecule has 0 radical (unpaired) electrons. The van der Waals surface area contributed by atoms with E-state index in [1.54, 1.807) is 23.9 Å². The van der Waals surface area contributed by atoms with Crippen LogP contribution in [0.1, 0.15) is 33.1 Å². The molecule has 1 saturated heterocycles. The molecule has 3 amide bonds. The highest BCUT2D eigenvalue weighted by atomic mass is 16.3. The largest absolute Gasteiger partial charge is 0.396 e. The Bertz CT molecular complexity index is 358. The minimum Gasteiger partial charge on any atom is -0.396 e. The predicted octanol–water partition coefficient (Wildman–Crippen LogP) is 0.903. The summed E-state index contributed by atoms with van der Waals surface area (Å²) in [4.78, 5) is 27.7. The topological polar surface area (TPSA) is 72.9 Å². The minimum absolute atomic E-state index is 0.00148. The van der Waals surface area contributed by atoms with E-state index in [0.717, 1.165) is 12.8 Å². The number of piperidine rings is 1. The summed E-state index contributed by atoms with van der Waals surface area (Å²) in [5.74, 6) is 0.130. The summed E-state index contributed by atoms with van der Waals surface area (Å²) in [6.07, 6.45) is 2.23. The van der Waals surface area contributed by atoms with Gasteiger partial charge < -0.3 is 20.2 Å². The molecule has 0 spiro atoms. The molecule has 6 nitrogen and oxygen atoms in total. The second-order valence-corrected chi connectivity index (χ2v) is 6.33. The molecule has 122 valence electrons. The molecule has 2 N–H and O–H groups in total.